The van der Waals surface area contributed by atoms with Crippen LogP contribution in [0.5, 0.6) is 0 Å². The third-order valence-corrected chi connectivity index (χ3v) is 3.55. The molecule has 0 unspecified atom stereocenters. The number of rotatable bonds is 5. The second-order valence-electron chi connectivity index (χ2n) is 6.46. The summed E-state index contributed by atoms with van der Waals surface area (Å²) >= 11 is 0. The Labute approximate surface area is 115 Å². The zero-order valence-corrected chi connectivity index (χ0v) is 12.6. The molecule has 1 saturated heterocycles. The number of hydrogen-bond acceptors (Lipinski definition) is 5. The van der Waals surface area contributed by atoms with E-state index in [4.69, 9.17) is 9.26 Å². The molecule has 0 bridgehead atoms. The standard InChI is InChI=1S/C14H25N3O2/c1-6-7-12-16-11(17-18-12)9-15-10-8-13(2,3)19-14(10,4)5/h10,15H,6-9H2,1-5H3/t10-/m1/s1. The van der Waals surface area contributed by atoms with Gasteiger partial charge < -0.3 is 14.6 Å². The maximum atomic E-state index is 6.05. The van der Waals surface area contributed by atoms with Gasteiger partial charge in [-0.3, -0.25) is 0 Å². The third kappa shape index (κ3) is 3.54. The Kier molecular flexibility index (Phi) is 3.97. The van der Waals surface area contributed by atoms with Crippen LogP contribution >= 0.6 is 0 Å². The summed E-state index contributed by atoms with van der Waals surface area (Å²) in [5.41, 5.74) is -0.245. The van der Waals surface area contributed by atoms with Crippen molar-refractivity contribution in [3.8, 4) is 0 Å². The van der Waals surface area contributed by atoms with E-state index in [1.54, 1.807) is 0 Å². The Morgan fingerprint density at radius 2 is 2.05 bits per heavy atom. The zero-order valence-electron chi connectivity index (χ0n) is 12.6. The van der Waals surface area contributed by atoms with E-state index in [1.807, 2.05) is 0 Å². The summed E-state index contributed by atoms with van der Waals surface area (Å²) in [6.07, 6.45) is 2.85. The highest BCUT2D eigenvalue weighted by molar-refractivity contribution is 4.99. The van der Waals surface area contributed by atoms with Gasteiger partial charge in [0.25, 0.3) is 0 Å². The van der Waals surface area contributed by atoms with E-state index >= 15 is 0 Å². The fourth-order valence-electron chi connectivity index (χ4n) is 2.77. The van der Waals surface area contributed by atoms with Gasteiger partial charge in [0, 0.05) is 12.5 Å². The third-order valence-electron chi connectivity index (χ3n) is 3.55. The minimum Gasteiger partial charge on any atom is -0.368 e. The second kappa shape index (κ2) is 5.21. The van der Waals surface area contributed by atoms with Gasteiger partial charge in [0.15, 0.2) is 5.82 Å². The highest BCUT2D eigenvalue weighted by Gasteiger charge is 2.45. The summed E-state index contributed by atoms with van der Waals surface area (Å²) in [7, 11) is 0. The molecule has 0 amide bonds. The maximum absolute atomic E-state index is 6.05. The molecule has 1 N–H and O–H groups in total. The molecule has 19 heavy (non-hydrogen) atoms. The summed E-state index contributed by atoms with van der Waals surface area (Å²) < 4.78 is 11.2. The van der Waals surface area contributed by atoms with Gasteiger partial charge in [-0.05, 0) is 40.5 Å². The Balaban J connectivity index is 1.91. The van der Waals surface area contributed by atoms with Gasteiger partial charge >= 0.3 is 0 Å². The van der Waals surface area contributed by atoms with E-state index in [0.717, 1.165) is 31.0 Å². The molecule has 0 aromatic carbocycles. The quantitative estimate of drug-likeness (QED) is 0.888. The molecule has 0 radical (unpaired) electrons. The van der Waals surface area contributed by atoms with Crippen molar-refractivity contribution in [2.24, 2.45) is 0 Å². The predicted octanol–water partition coefficient (Wildman–Crippen LogP) is 2.46. The van der Waals surface area contributed by atoms with E-state index in [-0.39, 0.29) is 11.2 Å². The lowest BCUT2D eigenvalue weighted by Crippen LogP contribution is -2.43. The van der Waals surface area contributed by atoms with Crippen LogP contribution in [0.1, 0.15) is 59.2 Å². The normalized spacial score (nSPS) is 24.8. The number of ether oxygens (including phenoxy) is 1. The summed E-state index contributed by atoms with van der Waals surface area (Å²) in [4.78, 5) is 4.36. The van der Waals surface area contributed by atoms with Crippen molar-refractivity contribution in [2.45, 2.75) is 77.7 Å². The first-order chi connectivity index (χ1) is 8.82. The summed E-state index contributed by atoms with van der Waals surface area (Å²) in [5.74, 6) is 1.45. The van der Waals surface area contributed by atoms with Gasteiger partial charge in [-0.25, -0.2) is 0 Å². The molecule has 5 heteroatoms. The monoisotopic (exact) mass is 267 g/mol. The molecule has 0 saturated carbocycles. The van der Waals surface area contributed by atoms with E-state index in [1.165, 1.54) is 0 Å². The molecule has 1 aliphatic rings. The molecule has 1 aromatic heterocycles. The Bertz CT molecular complexity index is 426. The lowest BCUT2D eigenvalue weighted by molar-refractivity contribution is -0.0699. The molecule has 1 aliphatic heterocycles. The van der Waals surface area contributed by atoms with Gasteiger partial charge in [0.05, 0.1) is 17.7 Å². The van der Waals surface area contributed by atoms with Crippen LogP contribution in [0, 0.1) is 0 Å². The molecule has 5 nitrogen and oxygen atoms in total. The first-order valence-electron chi connectivity index (χ1n) is 7.07. The number of aryl methyl sites for hydroxylation is 1. The van der Waals surface area contributed by atoms with Crippen molar-refractivity contribution in [1.29, 1.82) is 0 Å². The van der Waals surface area contributed by atoms with E-state index in [0.29, 0.717) is 12.6 Å². The average Bonchev–Trinajstić information content (AvgIpc) is 2.78. The van der Waals surface area contributed by atoms with Crippen molar-refractivity contribution in [3.05, 3.63) is 11.7 Å². The zero-order chi connectivity index (χ0) is 14.1. The van der Waals surface area contributed by atoms with Crippen molar-refractivity contribution in [3.63, 3.8) is 0 Å². The summed E-state index contributed by atoms with van der Waals surface area (Å²) in [5, 5.41) is 7.48. The molecule has 1 atom stereocenters. The number of aromatic nitrogens is 2. The molecular weight excluding hydrogens is 242 g/mol. The lowest BCUT2D eigenvalue weighted by Gasteiger charge is -2.27. The molecule has 1 aromatic rings. The van der Waals surface area contributed by atoms with Crippen molar-refractivity contribution in [2.75, 3.05) is 0 Å². The fourth-order valence-corrected chi connectivity index (χ4v) is 2.77. The van der Waals surface area contributed by atoms with Crippen molar-refractivity contribution in [1.82, 2.24) is 15.5 Å². The Hall–Kier alpha value is -0.940. The van der Waals surface area contributed by atoms with Crippen molar-refractivity contribution < 1.29 is 9.26 Å². The Morgan fingerprint density at radius 3 is 2.63 bits per heavy atom. The number of hydrogen-bond donors (Lipinski definition) is 1. The van der Waals surface area contributed by atoms with Gasteiger partial charge in [-0.15, -0.1) is 0 Å². The minimum absolute atomic E-state index is 0.0776. The number of nitrogens with zero attached hydrogens (tertiary/aromatic N) is 2. The van der Waals surface area contributed by atoms with Crippen LogP contribution < -0.4 is 5.32 Å². The van der Waals surface area contributed by atoms with Crippen LogP contribution in [-0.2, 0) is 17.7 Å². The van der Waals surface area contributed by atoms with Crippen LogP contribution in [-0.4, -0.2) is 27.4 Å². The maximum Gasteiger partial charge on any atom is 0.226 e. The second-order valence-corrected chi connectivity index (χ2v) is 6.46. The topological polar surface area (TPSA) is 60.2 Å². The van der Waals surface area contributed by atoms with E-state index < -0.39 is 0 Å². The van der Waals surface area contributed by atoms with Crippen LogP contribution in [0.15, 0.2) is 4.52 Å². The van der Waals surface area contributed by atoms with E-state index in [2.05, 4.69) is 50.1 Å². The average molecular weight is 267 g/mol. The number of nitrogens with one attached hydrogen (secondary N) is 1. The molecule has 0 aliphatic carbocycles. The van der Waals surface area contributed by atoms with Gasteiger partial charge in [-0.2, -0.15) is 4.98 Å². The Morgan fingerprint density at radius 1 is 1.32 bits per heavy atom. The molecular formula is C14H25N3O2. The first kappa shape index (κ1) is 14.5. The van der Waals surface area contributed by atoms with Gasteiger partial charge in [0.2, 0.25) is 5.89 Å². The van der Waals surface area contributed by atoms with E-state index in [9.17, 15) is 0 Å². The molecule has 108 valence electrons. The molecule has 0 spiro atoms. The fraction of sp³-hybridized carbons (Fsp3) is 0.857. The molecule has 1 fully saturated rings. The predicted molar refractivity (Wildman–Crippen MR) is 72.8 cm³/mol. The molecule has 2 heterocycles. The van der Waals surface area contributed by atoms with Gasteiger partial charge in [0.1, 0.15) is 0 Å². The van der Waals surface area contributed by atoms with Crippen LogP contribution in [0.2, 0.25) is 0 Å². The van der Waals surface area contributed by atoms with Crippen LogP contribution in [0.4, 0.5) is 0 Å². The minimum atomic E-state index is -0.167. The highest BCUT2D eigenvalue weighted by atomic mass is 16.5. The lowest BCUT2D eigenvalue weighted by atomic mass is 9.94. The summed E-state index contributed by atoms with van der Waals surface area (Å²) in [6, 6.07) is 0.302. The largest absolute Gasteiger partial charge is 0.368 e. The SMILES string of the molecule is CCCc1nc(CN[C@@H]2CC(C)(C)OC2(C)C)no1. The smallest absolute Gasteiger partial charge is 0.226 e. The van der Waals surface area contributed by atoms with Crippen LogP contribution in [0.3, 0.4) is 0 Å². The summed E-state index contributed by atoms with van der Waals surface area (Å²) in [6.45, 7) is 11.2. The highest BCUT2D eigenvalue weighted by Crippen LogP contribution is 2.37. The first-order valence-corrected chi connectivity index (χ1v) is 7.07. The van der Waals surface area contributed by atoms with Gasteiger partial charge in [-0.1, -0.05) is 12.1 Å². The van der Waals surface area contributed by atoms with Crippen molar-refractivity contribution >= 4 is 0 Å². The molecule has 2 rings (SSSR count). The van der Waals surface area contributed by atoms with Crippen LogP contribution in [0.25, 0.3) is 0 Å².